The Morgan fingerprint density at radius 2 is 0.449 bits per heavy atom. The second-order valence-electron chi connectivity index (χ2n) is 32.1. The van der Waals surface area contributed by atoms with Crippen LogP contribution >= 0.6 is 15.6 Å². The van der Waals surface area contributed by atoms with Crippen LogP contribution in [0, 0.1) is 11.8 Å². The van der Waals surface area contributed by atoms with Gasteiger partial charge in [0.15, 0.2) is 12.2 Å². The number of aliphatic hydroxyl groups excluding tert-OH is 1. The molecule has 19 heteroatoms. The van der Waals surface area contributed by atoms with E-state index < -0.39 is 97.5 Å². The minimum absolute atomic E-state index is 0.109. The summed E-state index contributed by atoms with van der Waals surface area (Å²) in [7, 11) is -9.93. The van der Waals surface area contributed by atoms with Crippen LogP contribution in [0.3, 0.4) is 0 Å². The molecular weight excluding hydrogens is 1390 g/mol. The maximum absolute atomic E-state index is 13.2. The molecule has 0 aliphatic heterocycles. The molecule has 0 aromatic carbocycles. The first-order valence-corrected chi connectivity index (χ1v) is 48.6. The normalized spacial score (nSPS) is 14.3. The summed E-state index contributed by atoms with van der Waals surface area (Å²) in [5.41, 5.74) is 0. The number of phosphoric ester groups is 2. The summed E-state index contributed by atoms with van der Waals surface area (Å²) in [6.45, 7) is 9.81. The smallest absolute Gasteiger partial charge is 0.462 e. The third-order valence-electron chi connectivity index (χ3n) is 21.4. The van der Waals surface area contributed by atoms with Gasteiger partial charge in [-0.15, -0.1) is 0 Å². The number of aliphatic hydroxyl groups is 1. The predicted octanol–water partition coefficient (Wildman–Crippen LogP) is 27.0. The van der Waals surface area contributed by atoms with Gasteiger partial charge in [0.05, 0.1) is 26.4 Å². The number of hydrogen-bond acceptors (Lipinski definition) is 15. The molecule has 7 atom stereocenters. The van der Waals surface area contributed by atoms with Crippen molar-refractivity contribution in [2.45, 2.75) is 490 Å². The van der Waals surface area contributed by atoms with E-state index in [1.807, 2.05) is 0 Å². The average Bonchev–Trinajstić information content (AvgIpc) is 0.899. The number of carbonyl (C=O) groups is 4. The van der Waals surface area contributed by atoms with Gasteiger partial charge in [0, 0.05) is 25.7 Å². The Bertz CT molecular complexity index is 2050. The fraction of sp³-hybridized carbons (Fsp3) is 0.955. The van der Waals surface area contributed by atoms with E-state index in [1.165, 1.54) is 289 Å². The molecule has 3 N–H and O–H groups in total. The summed E-state index contributed by atoms with van der Waals surface area (Å²) in [6.07, 6.45) is 72.0. The number of carbonyl (C=O) groups excluding carboxylic acids is 4. The number of esters is 4. The fourth-order valence-electron chi connectivity index (χ4n) is 13.7. The molecule has 0 fully saturated rings. The van der Waals surface area contributed by atoms with Crippen molar-refractivity contribution < 1.29 is 80.2 Å². The van der Waals surface area contributed by atoms with Crippen LogP contribution in [-0.2, 0) is 65.4 Å². The lowest BCUT2D eigenvalue weighted by molar-refractivity contribution is -0.161. The highest BCUT2D eigenvalue weighted by Gasteiger charge is 2.31. The lowest BCUT2D eigenvalue weighted by Crippen LogP contribution is -2.30. The van der Waals surface area contributed by atoms with Gasteiger partial charge in [-0.25, -0.2) is 9.13 Å². The third kappa shape index (κ3) is 79.1. The largest absolute Gasteiger partial charge is 0.472 e. The number of ether oxygens (including phenoxy) is 4. The van der Waals surface area contributed by atoms with Crippen LogP contribution in [0.15, 0.2) is 0 Å². The molecule has 0 aliphatic carbocycles. The minimum Gasteiger partial charge on any atom is -0.462 e. The van der Waals surface area contributed by atoms with Gasteiger partial charge in [0.25, 0.3) is 0 Å². The zero-order valence-electron chi connectivity index (χ0n) is 70.5. The van der Waals surface area contributed by atoms with Crippen LogP contribution in [0.1, 0.15) is 472 Å². The molecule has 0 spiro atoms. The van der Waals surface area contributed by atoms with Crippen molar-refractivity contribution in [3.63, 3.8) is 0 Å². The van der Waals surface area contributed by atoms with Crippen molar-refractivity contribution in [2.75, 3.05) is 39.6 Å². The molecule has 0 heterocycles. The first kappa shape index (κ1) is 105. The highest BCUT2D eigenvalue weighted by Crippen LogP contribution is 2.45. The SMILES string of the molecule is CCCCCCCCCCCCCCCCCC(=O)O[C@H](COC(=O)CCCCCCCCCCCCCC)COP(=O)(O)OC[C@H](O)COP(=O)(O)OC[C@@H](COC(=O)CCCCCCCCCCCCCCCCC(C)CC)OC(=O)CCCCCCCCCCCCCCCCCCCCC(C)CC. The van der Waals surface area contributed by atoms with Gasteiger partial charge in [0.2, 0.25) is 0 Å². The second-order valence-corrected chi connectivity index (χ2v) is 35.0. The van der Waals surface area contributed by atoms with Crippen molar-refractivity contribution in [2.24, 2.45) is 11.8 Å². The van der Waals surface area contributed by atoms with Crippen molar-refractivity contribution in [3.05, 3.63) is 0 Å². The zero-order chi connectivity index (χ0) is 78.5. The number of hydrogen-bond donors (Lipinski definition) is 3. The Balaban J connectivity index is 5.25. The van der Waals surface area contributed by atoms with Crippen LogP contribution in [0.5, 0.6) is 0 Å². The molecule has 636 valence electrons. The van der Waals surface area contributed by atoms with E-state index in [0.29, 0.717) is 25.7 Å². The molecule has 0 aromatic heterocycles. The van der Waals surface area contributed by atoms with E-state index in [9.17, 15) is 43.2 Å². The first-order chi connectivity index (χ1) is 51.9. The second kappa shape index (κ2) is 79.3. The zero-order valence-corrected chi connectivity index (χ0v) is 72.2. The van der Waals surface area contributed by atoms with Crippen LogP contribution in [0.4, 0.5) is 0 Å². The van der Waals surface area contributed by atoms with Gasteiger partial charge in [-0.05, 0) is 37.5 Å². The number of rotatable bonds is 87. The molecule has 0 radical (unpaired) electrons. The van der Waals surface area contributed by atoms with Crippen LogP contribution in [0.25, 0.3) is 0 Å². The molecule has 0 saturated carbocycles. The molecule has 107 heavy (non-hydrogen) atoms. The first-order valence-electron chi connectivity index (χ1n) is 45.6. The Morgan fingerprint density at radius 3 is 0.664 bits per heavy atom. The van der Waals surface area contributed by atoms with Gasteiger partial charge < -0.3 is 33.8 Å². The summed E-state index contributed by atoms with van der Waals surface area (Å²) >= 11 is 0. The lowest BCUT2D eigenvalue weighted by atomic mass is 9.99. The molecule has 17 nitrogen and oxygen atoms in total. The Labute approximate surface area is 658 Å². The van der Waals surface area contributed by atoms with Gasteiger partial charge >= 0.3 is 39.5 Å². The van der Waals surface area contributed by atoms with Gasteiger partial charge in [-0.3, -0.25) is 37.3 Å². The fourth-order valence-corrected chi connectivity index (χ4v) is 15.3. The summed E-state index contributed by atoms with van der Waals surface area (Å²) < 4.78 is 69.0. The van der Waals surface area contributed by atoms with E-state index in [-0.39, 0.29) is 25.7 Å². The van der Waals surface area contributed by atoms with E-state index >= 15 is 0 Å². The van der Waals surface area contributed by atoms with Crippen LogP contribution in [0.2, 0.25) is 0 Å². The Morgan fingerprint density at radius 1 is 0.262 bits per heavy atom. The molecule has 0 bridgehead atoms. The third-order valence-corrected chi connectivity index (χ3v) is 23.3. The number of unbranched alkanes of at least 4 members (excludes halogenated alkanes) is 55. The van der Waals surface area contributed by atoms with Crippen LogP contribution in [-0.4, -0.2) is 96.7 Å². The quantitative estimate of drug-likeness (QED) is 0.0222. The molecular formula is C88H172O17P2. The standard InChI is InChI=1S/C88H172O17P2/c1-7-11-13-15-17-19-21-23-28-36-42-48-54-60-66-72-87(92)104-83(76-98-85(90)70-64-58-52-46-40-22-20-18-16-14-12-8-2)78-102-106(94,95)100-74-82(89)75-101-107(96,97)103-79-84(77-99-86(91)71-65-59-53-47-41-35-32-31-34-39-45-51-57-63-69-81(6)10-4)105-88(93)73-67-61-55-49-43-37-30-27-25-24-26-29-33-38-44-50-56-62-68-80(5)9-3/h80-84,89H,7-79H2,1-6H3,(H,94,95)(H,96,97)/t80?,81?,82-,83+,84+/m0/s1. The van der Waals surface area contributed by atoms with E-state index in [4.69, 9.17) is 37.0 Å². The highest BCUT2D eigenvalue weighted by molar-refractivity contribution is 7.47. The lowest BCUT2D eigenvalue weighted by Gasteiger charge is -2.21. The van der Waals surface area contributed by atoms with E-state index in [1.54, 1.807) is 0 Å². The Kier molecular flexibility index (Phi) is 77.9. The molecule has 0 aliphatic rings. The summed E-state index contributed by atoms with van der Waals surface area (Å²) in [4.78, 5) is 73.3. The maximum atomic E-state index is 13.2. The molecule has 4 unspecified atom stereocenters. The van der Waals surface area contributed by atoms with Crippen molar-refractivity contribution in [3.8, 4) is 0 Å². The Hall–Kier alpha value is -1.94. The van der Waals surface area contributed by atoms with Crippen LogP contribution < -0.4 is 0 Å². The number of phosphoric acid groups is 2. The van der Waals surface area contributed by atoms with Gasteiger partial charge in [-0.2, -0.15) is 0 Å². The average molecular weight is 1560 g/mol. The molecule has 0 rings (SSSR count). The maximum Gasteiger partial charge on any atom is 0.472 e. The summed E-state index contributed by atoms with van der Waals surface area (Å²) in [5.74, 6) is -0.376. The molecule has 0 amide bonds. The summed E-state index contributed by atoms with van der Waals surface area (Å²) in [5, 5.41) is 10.7. The minimum atomic E-state index is -4.97. The van der Waals surface area contributed by atoms with E-state index in [2.05, 4.69) is 41.5 Å². The van der Waals surface area contributed by atoms with Gasteiger partial charge in [-0.1, -0.05) is 420 Å². The van der Waals surface area contributed by atoms with Crippen molar-refractivity contribution in [1.82, 2.24) is 0 Å². The topological polar surface area (TPSA) is 237 Å². The van der Waals surface area contributed by atoms with Crippen molar-refractivity contribution in [1.29, 1.82) is 0 Å². The predicted molar refractivity (Wildman–Crippen MR) is 442 cm³/mol. The molecule has 0 saturated heterocycles. The summed E-state index contributed by atoms with van der Waals surface area (Å²) in [6, 6.07) is 0. The monoisotopic (exact) mass is 1560 g/mol. The van der Waals surface area contributed by atoms with Gasteiger partial charge in [0.1, 0.15) is 19.3 Å². The molecule has 0 aromatic rings. The van der Waals surface area contributed by atoms with Crippen molar-refractivity contribution >= 4 is 39.5 Å². The highest BCUT2D eigenvalue weighted by atomic mass is 31.2. The van der Waals surface area contributed by atoms with E-state index in [0.717, 1.165) is 102 Å².